The smallest absolute Gasteiger partial charge is 0.414 e. The Hall–Kier alpha value is -2.81. The van der Waals surface area contributed by atoms with E-state index in [9.17, 15) is 9.59 Å². The average molecular weight is 315 g/mol. The Bertz CT molecular complexity index is 635. The van der Waals surface area contributed by atoms with Gasteiger partial charge in [0.15, 0.2) is 0 Å². The fourth-order valence-corrected chi connectivity index (χ4v) is 1.70. The SMILES string of the molecule is CCOC(=O)NC(=O)C(C#N)=CNc1ccc(C(C)(C)C)cc1. The third kappa shape index (κ3) is 5.83. The number of benzene rings is 1. The summed E-state index contributed by atoms with van der Waals surface area (Å²) < 4.78 is 4.59. The molecule has 2 N–H and O–H groups in total. The summed E-state index contributed by atoms with van der Waals surface area (Å²) in [5, 5.41) is 13.8. The summed E-state index contributed by atoms with van der Waals surface area (Å²) in [5.74, 6) is -0.815. The van der Waals surface area contributed by atoms with Crippen molar-refractivity contribution in [3.63, 3.8) is 0 Å². The maximum atomic E-state index is 11.7. The first-order chi connectivity index (χ1) is 10.8. The Morgan fingerprint density at radius 3 is 2.35 bits per heavy atom. The van der Waals surface area contributed by atoms with Gasteiger partial charge in [-0.3, -0.25) is 10.1 Å². The van der Waals surface area contributed by atoms with Crippen molar-refractivity contribution in [3.8, 4) is 6.07 Å². The number of amides is 2. The van der Waals surface area contributed by atoms with Gasteiger partial charge in [0.25, 0.3) is 5.91 Å². The van der Waals surface area contributed by atoms with Crippen molar-refractivity contribution in [2.45, 2.75) is 33.1 Å². The van der Waals surface area contributed by atoms with Crippen LogP contribution in [-0.4, -0.2) is 18.6 Å². The number of alkyl carbamates (subject to hydrolysis) is 1. The van der Waals surface area contributed by atoms with E-state index in [1.54, 1.807) is 13.0 Å². The molecule has 122 valence electrons. The summed E-state index contributed by atoms with van der Waals surface area (Å²) in [6.45, 7) is 8.10. The summed E-state index contributed by atoms with van der Waals surface area (Å²) in [6, 6.07) is 9.39. The standard InChI is InChI=1S/C17H21N3O3/c1-5-23-16(22)20-15(21)12(10-18)11-19-14-8-6-13(7-9-14)17(2,3)4/h6-9,11,19H,5H2,1-4H3,(H,20,21,22). The van der Waals surface area contributed by atoms with Gasteiger partial charge in [-0.15, -0.1) is 0 Å². The van der Waals surface area contributed by atoms with Crippen molar-refractivity contribution in [3.05, 3.63) is 41.6 Å². The number of rotatable bonds is 4. The van der Waals surface area contributed by atoms with Crippen LogP contribution >= 0.6 is 0 Å². The van der Waals surface area contributed by atoms with Crippen molar-refractivity contribution in [1.82, 2.24) is 5.32 Å². The van der Waals surface area contributed by atoms with Crippen LogP contribution in [0.5, 0.6) is 0 Å². The molecular weight excluding hydrogens is 294 g/mol. The molecule has 23 heavy (non-hydrogen) atoms. The Morgan fingerprint density at radius 1 is 1.26 bits per heavy atom. The third-order valence-electron chi connectivity index (χ3n) is 2.99. The minimum absolute atomic E-state index is 0.0473. The van der Waals surface area contributed by atoms with Gasteiger partial charge in [0.05, 0.1) is 6.61 Å². The number of hydrogen-bond donors (Lipinski definition) is 2. The Kier molecular flexibility index (Phi) is 6.34. The quantitative estimate of drug-likeness (QED) is 0.658. The number of carbonyl (C=O) groups is 2. The van der Waals surface area contributed by atoms with Gasteiger partial charge in [0, 0.05) is 11.9 Å². The maximum Gasteiger partial charge on any atom is 0.414 e. The molecule has 0 aromatic heterocycles. The Balaban J connectivity index is 2.75. The van der Waals surface area contributed by atoms with Crippen molar-refractivity contribution < 1.29 is 14.3 Å². The number of nitrogens with one attached hydrogen (secondary N) is 2. The molecule has 2 amide bonds. The second-order valence-corrected chi connectivity index (χ2v) is 5.82. The van der Waals surface area contributed by atoms with E-state index in [2.05, 4.69) is 30.8 Å². The number of nitriles is 1. The normalized spacial score (nSPS) is 11.3. The first-order valence-electron chi connectivity index (χ1n) is 7.23. The molecule has 0 saturated carbocycles. The molecule has 1 rings (SSSR count). The predicted octanol–water partition coefficient (Wildman–Crippen LogP) is 3.08. The van der Waals surface area contributed by atoms with E-state index in [0.29, 0.717) is 0 Å². The first-order valence-corrected chi connectivity index (χ1v) is 7.23. The lowest BCUT2D eigenvalue weighted by Gasteiger charge is -2.19. The van der Waals surface area contributed by atoms with Crippen LogP contribution in [0.4, 0.5) is 10.5 Å². The molecule has 0 aliphatic heterocycles. The van der Waals surface area contributed by atoms with Gasteiger partial charge in [-0.1, -0.05) is 32.9 Å². The number of nitrogens with zero attached hydrogens (tertiary/aromatic N) is 1. The van der Waals surface area contributed by atoms with E-state index < -0.39 is 12.0 Å². The molecule has 0 saturated heterocycles. The van der Waals surface area contributed by atoms with Gasteiger partial charge in [-0.2, -0.15) is 5.26 Å². The van der Waals surface area contributed by atoms with Crippen LogP contribution in [0, 0.1) is 11.3 Å². The minimum atomic E-state index is -0.881. The summed E-state index contributed by atoms with van der Waals surface area (Å²) in [5.41, 5.74) is 1.73. The van der Waals surface area contributed by atoms with E-state index in [0.717, 1.165) is 5.69 Å². The molecular formula is C17H21N3O3. The monoisotopic (exact) mass is 315 g/mol. The summed E-state index contributed by atoms with van der Waals surface area (Å²) in [7, 11) is 0. The van der Waals surface area contributed by atoms with Crippen LogP contribution in [0.15, 0.2) is 36.0 Å². The first kappa shape index (κ1) is 18.2. The second kappa shape index (κ2) is 7.99. The van der Waals surface area contributed by atoms with Gasteiger partial charge in [0.2, 0.25) is 0 Å². The molecule has 0 spiro atoms. The predicted molar refractivity (Wildman–Crippen MR) is 87.6 cm³/mol. The van der Waals surface area contributed by atoms with Crippen LogP contribution in [0.25, 0.3) is 0 Å². The Labute approximate surface area is 136 Å². The molecule has 0 aliphatic carbocycles. The summed E-state index contributed by atoms with van der Waals surface area (Å²) in [6.07, 6.45) is 0.369. The molecule has 0 bridgehead atoms. The van der Waals surface area contributed by atoms with Crippen LogP contribution in [0.2, 0.25) is 0 Å². The lowest BCUT2D eigenvalue weighted by molar-refractivity contribution is -0.116. The highest BCUT2D eigenvalue weighted by Crippen LogP contribution is 2.23. The molecule has 0 aliphatic rings. The van der Waals surface area contributed by atoms with Crippen LogP contribution in [0.1, 0.15) is 33.3 Å². The zero-order valence-electron chi connectivity index (χ0n) is 13.8. The summed E-state index contributed by atoms with van der Waals surface area (Å²) >= 11 is 0. The van der Waals surface area contributed by atoms with Crippen LogP contribution < -0.4 is 10.6 Å². The highest BCUT2D eigenvalue weighted by molar-refractivity contribution is 6.05. The zero-order valence-corrected chi connectivity index (χ0v) is 13.8. The van der Waals surface area contributed by atoms with E-state index >= 15 is 0 Å². The largest absolute Gasteiger partial charge is 0.450 e. The zero-order chi connectivity index (χ0) is 17.5. The molecule has 6 nitrogen and oxygen atoms in total. The lowest BCUT2D eigenvalue weighted by Crippen LogP contribution is -2.32. The van der Waals surface area contributed by atoms with Gasteiger partial charge in [-0.05, 0) is 30.0 Å². The highest BCUT2D eigenvalue weighted by Gasteiger charge is 2.14. The van der Waals surface area contributed by atoms with E-state index in [-0.39, 0.29) is 17.6 Å². The molecule has 6 heteroatoms. The minimum Gasteiger partial charge on any atom is -0.450 e. The van der Waals surface area contributed by atoms with E-state index in [1.165, 1.54) is 11.8 Å². The lowest BCUT2D eigenvalue weighted by atomic mass is 9.87. The van der Waals surface area contributed by atoms with Gasteiger partial charge in [0.1, 0.15) is 11.6 Å². The fourth-order valence-electron chi connectivity index (χ4n) is 1.70. The van der Waals surface area contributed by atoms with Crippen molar-refractivity contribution in [2.75, 3.05) is 11.9 Å². The average Bonchev–Trinajstić information content (AvgIpc) is 2.47. The number of hydrogen-bond acceptors (Lipinski definition) is 5. The second-order valence-electron chi connectivity index (χ2n) is 5.82. The summed E-state index contributed by atoms with van der Waals surface area (Å²) in [4.78, 5) is 22.9. The van der Waals surface area contributed by atoms with Gasteiger partial charge < -0.3 is 10.1 Å². The van der Waals surface area contributed by atoms with Crippen molar-refractivity contribution in [1.29, 1.82) is 5.26 Å². The third-order valence-corrected chi connectivity index (χ3v) is 2.99. The molecule has 0 unspecified atom stereocenters. The number of carbonyl (C=O) groups excluding carboxylic acids is 2. The Morgan fingerprint density at radius 2 is 1.87 bits per heavy atom. The number of anilines is 1. The van der Waals surface area contributed by atoms with Crippen LogP contribution in [0.3, 0.4) is 0 Å². The van der Waals surface area contributed by atoms with Gasteiger partial charge >= 0.3 is 6.09 Å². The molecule has 0 atom stereocenters. The molecule has 1 aromatic rings. The number of imide groups is 1. The van der Waals surface area contributed by atoms with Crippen molar-refractivity contribution >= 4 is 17.7 Å². The van der Waals surface area contributed by atoms with Gasteiger partial charge in [-0.25, -0.2) is 4.79 Å². The van der Waals surface area contributed by atoms with Crippen molar-refractivity contribution in [2.24, 2.45) is 0 Å². The van der Waals surface area contributed by atoms with Crippen LogP contribution in [-0.2, 0) is 14.9 Å². The molecule has 0 radical (unpaired) electrons. The topological polar surface area (TPSA) is 91.2 Å². The molecule has 1 aromatic carbocycles. The van der Waals surface area contributed by atoms with E-state index in [1.807, 2.05) is 29.6 Å². The molecule has 0 heterocycles. The fraction of sp³-hybridized carbons (Fsp3) is 0.353. The number of ether oxygens (including phenoxy) is 1. The molecule has 0 fully saturated rings. The maximum absolute atomic E-state index is 11.7. The highest BCUT2D eigenvalue weighted by atomic mass is 16.5. The van der Waals surface area contributed by atoms with E-state index in [4.69, 9.17) is 5.26 Å².